The van der Waals surface area contributed by atoms with Crippen LogP contribution in [0, 0.1) is 5.82 Å². The van der Waals surface area contributed by atoms with Gasteiger partial charge < -0.3 is 10.2 Å². The van der Waals surface area contributed by atoms with Gasteiger partial charge in [0, 0.05) is 11.6 Å². The van der Waals surface area contributed by atoms with Crippen molar-refractivity contribution in [3.05, 3.63) is 34.1 Å². The third kappa shape index (κ3) is 5.15. The first-order valence-corrected chi connectivity index (χ1v) is 8.32. The number of hydrogen-bond acceptors (Lipinski definition) is 2. The molecule has 1 atom stereocenters. The number of nitrogens with one attached hydrogen (secondary N) is 1. The highest BCUT2D eigenvalue weighted by atomic mass is 79.9. The van der Waals surface area contributed by atoms with E-state index in [-0.39, 0.29) is 11.9 Å². The van der Waals surface area contributed by atoms with Crippen molar-refractivity contribution in [1.82, 2.24) is 10.2 Å². The summed E-state index contributed by atoms with van der Waals surface area (Å²) >= 11 is 3.28. The number of hydrogen-bond donors (Lipinski definition) is 1. The summed E-state index contributed by atoms with van der Waals surface area (Å²) in [6.45, 7) is 10.4. The molecule has 1 unspecified atom stereocenters. The van der Waals surface area contributed by atoms with E-state index in [1.165, 1.54) is 0 Å². The fraction of sp³-hybridized carbons (Fsp3) is 0.625. The summed E-state index contributed by atoms with van der Waals surface area (Å²) in [5.74, 6) is -0.138. The van der Waals surface area contributed by atoms with Crippen molar-refractivity contribution in [2.24, 2.45) is 0 Å². The Labute approximate surface area is 130 Å². The van der Waals surface area contributed by atoms with Gasteiger partial charge in [-0.05, 0) is 61.0 Å². The van der Waals surface area contributed by atoms with E-state index in [9.17, 15) is 4.39 Å². The van der Waals surface area contributed by atoms with Crippen LogP contribution in [-0.2, 0) is 0 Å². The maximum atomic E-state index is 14.3. The molecule has 1 N–H and O–H groups in total. The van der Waals surface area contributed by atoms with E-state index in [1.54, 1.807) is 6.07 Å². The molecule has 0 bridgehead atoms. The topological polar surface area (TPSA) is 15.3 Å². The molecule has 0 saturated heterocycles. The standard InChI is InChI=1S/C16H26BrFN2/c1-4-11-19-15(10-12-20(5-2)6-3)13-8-7-9-14(17)16(13)18/h7-9,15,19H,4-6,10-12H2,1-3H3. The second-order valence-corrected chi connectivity index (χ2v) is 5.82. The van der Waals surface area contributed by atoms with Crippen molar-refractivity contribution in [2.75, 3.05) is 26.2 Å². The van der Waals surface area contributed by atoms with Gasteiger partial charge in [-0.15, -0.1) is 0 Å². The van der Waals surface area contributed by atoms with Gasteiger partial charge in [-0.3, -0.25) is 0 Å². The molecule has 0 radical (unpaired) electrons. The first kappa shape index (κ1) is 17.6. The SMILES string of the molecule is CCCNC(CCN(CC)CC)c1cccc(Br)c1F. The molecule has 0 aromatic heterocycles. The van der Waals surface area contributed by atoms with E-state index < -0.39 is 0 Å². The first-order valence-electron chi connectivity index (χ1n) is 7.53. The van der Waals surface area contributed by atoms with Crippen molar-refractivity contribution in [1.29, 1.82) is 0 Å². The molecular formula is C16H26BrFN2. The Hall–Kier alpha value is -0.450. The molecule has 2 nitrogen and oxygen atoms in total. The minimum absolute atomic E-state index is 0.0769. The average Bonchev–Trinajstić information content (AvgIpc) is 2.46. The summed E-state index contributed by atoms with van der Waals surface area (Å²) in [5.41, 5.74) is 0.764. The van der Waals surface area contributed by atoms with Crippen molar-refractivity contribution in [2.45, 2.75) is 39.7 Å². The van der Waals surface area contributed by atoms with Gasteiger partial charge in [0.2, 0.25) is 0 Å². The van der Waals surface area contributed by atoms with Gasteiger partial charge in [0.15, 0.2) is 0 Å². The van der Waals surface area contributed by atoms with Crippen LogP contribution >= 0.6 is 15.9 Å². The minimum Gasteiger partial charge on any atom is -0.310 e. The molecule has 1 rings (SSSR count). The summed E-state index contributed by atoms with van der Waals surface area (Å²) in [6.07, 6.45) is 1.98. The quantitative estimate of drug-likeness (QED) is 0.715. The van der Waals surface area contributed by atoms with Crippen LogP contribution in [0.3, 0.4) is 0 Å². The first-order chi connectivity index (χ1) is 9.63. The second kappa shape index (κ2) is 9.48. The van der Waals surface area contributed by atoms with E-state index in [0.717, 1.165) is 44.6 Å². The maximum absolute atomic E-state index is 14.3. The Morgan fingerprint density at radius 3 is 2.55 bits per heavy atom. The molecule has 0 amide bonds. The Morgan fingerprint density at radius 1 is 1.25 bits per heavy atom. The number of benzene rings is 1. The normalized spacial score (nSPS) is 12.9. The van der Waals surface area contributed by atoms with E-state index in [2.05, 4.69) is 46.9 Å². The fourth-order valence-corrected chi connectivity index (χ4v) is 2.71. The second-order valence-electron chi connectivity index (χ2n) is 4.97. The van der Waals surface area contributed by atoms with E-state index >= 15 is 0 Å². The van der Waals surface area contributed by atoms with Crippen LogP contribution in [0.4, 0.5) is 4.39 Å². The molecule has 0 aliphatic carbocycles. The summed E-state index contributed by atoms with van der Waals surface area (Å²) in [7, 11) is 0. The Kier molecular flexibility index (Phi) is 8.34. The lowest BCUT2D eigenvalue weighted by Crippen LogP contribution is -2.30. The lowest BCUT2D eigenvalue weighted by atomic mass is 10.0. The fourth-order valence-electron chi connectivity index (χ4n) is 2.33. The molecule has 0 aliphatic heterocycles. The molecule has 20 heavy (non-hydrogen) atoms. The van der Waals surface area contributed by atoms with Crippen LogP contribution < -0.4 is 5.32 Å². The van der Waals surface area contributed by atoms with Crippen molar-refractivity contribution < 1.29 is 4.39 Å². The van der Waals surface area contributed by atoms with Gasteiger partial charge in [0.05, 0.1) is 4.47 Å². The molecule has 0 spiro atoms. The highest BCUT2D eigenvalue weighted by Crippen LogP contribution is 2.26. The van der Waals surface area contributed by atoms with Crippen LogP contribution in [-0.4, -0.2) is 31.1 Å². The van der Waals surface area contributed by atoms with Gasteiger partial charge in [0.1, 0.15) is 5.82 Å². The van der Waals surface area contributed by atoms with Crippen LogP contribution in [0.1, 0.15) is 45.2 Å². The number of nitrogens with zero attached hydrogens (tertiary/aromatic N) is 1. The Morgan fingerprint density at radius 2 is 1.95 bits per heavy atom. The average molecular weight is 345 g/mol. The Balaban J connectivity index is 2.80. The molecule has 0 aliphatic rings. The van der Waals surface area contributed by atoms with E-state index in [4.69, 9.17) is 0 Å². The summed E-state index contributed by atoms with van der Waals surface area (Å²) < 4.78 is 14.8. The van der Waals surface area contributed by atoms with E-state index in [0.29, 0.717) is 4.47 Å². The number of rotatable bonds is 9. The minimum atomic E-state index is -0.138. The predicted octanol–water partition coefficient (Wildman–Crippen LogP) is 4.36. The van der Waals surface area contributed by atoms with Crippen LogP contribution in [0.5, 0.6) is 0 Å². The smallest absolute Gasteiger partial charge is 0.142 e. The summed E-state index contributed by atoms with van der Waals surface area (Å²) in [4.78, 5) is 2.37. The van der Waals surface area contributed by atoms with Crippen molar-refractivity contribution in [3.8, 4) is 0 Å². The zero-order valence-electron chi connectivity index (χ0n) is 12.8. The predicted molar refractivity (Wildman–Crippen MR) is 87.5 cm³/mol. The molecule has 0 saturated carbocycles. The maximum Gasteiger partial charge on any atom is 0.142 e. The molecule has 4 heteroatoms. The lowest BCUT2D eigenvalue weighted by molar-refractivity contribution is 0.280. The van der Waals surface area contributed by atoms with Gasteiger partial charge in [0.25, 0.3) is 0 Å². The molecule has 0 fully saturated rings. The zero-order valence-corrected chi connectivity index (χ0v) is 14.3. The van der Waals surface area contributed by atoms with Gasteiger partial charge in [-0.25, -0.2) is 4.39 Å². The number of halogens is 2. The molecular weight excluding hydrogens is 319 g/mol. The molecule has 114 valence electrons. The largest absolute Gasteiger partial charge is 0.310 e. The zero-order chi connectivity index (χ0) is 15.0. The van der Waals surface area contributed by atoms with Gasteiger partial charge in [-0.1, -0.05) is 32.9 Å². The lowest BCUT2D eigenvalue weighted by Gasteiger charge is -2.24. The van der Waals surface area contributed by atoms with Crippen LogP contribution in [0.15, 0.2) is 22.7 Å². The van der Waals surface area contributed by atoms with Gasteiger partial charge in [-0.2, -0.15) is 0 Å². The van der Waals surface area contributed by atoms with Gasteiger partial charge >= 0.3 is 0 Å². The molecule has 1 aromatic carbocycles. The monoisotopic (exact) mass is 344 g/mol. The van der Waals surface area contributed by atoms with E-state index in [1.807, 2.05) is 12.1 Å². The van der Waals surface area contributed by atoms with Crippen molar-refractivity contribution >= 4 is 15.9 Å². The Bertz CT molecular complexity index is 394. The van der Waals surface area contributed by atoms with Crippen LogP contribution in [0.2, 0.25) is 0 Å². The highest BCUT2D eigenvalue weighted by Gasteiger charge is 2.17. The third-order valence-corrected chi connectivity index (χ3v) is 4.24. The molecule has 1 aromatic rings. The highest BCUT2D eigenvalue weighted by molar-refractivity contribution is 9.10. The van der Waals surface area contributed by atoms with Crippen LogP contribution in [0.25, 0.3) is 0 Å². The van der Waals surface area contributed by atoms with Crippen molar-refractivity contribution in [3.63, 3.8) is 0 Å². The third-order valence-electron chi connectivity index (χ3n) is 3.63. The summed E-state index contributed by atoms with van der Waals surface area (Å²) in [6, 6.07) is 5.61. The summed E-state index contributed by atoms with van der Waals surface area (Å²) in [5, 5.41) is 3.47. The molecule has 0 heterocycles.